The van der Waals surface area contributed by atoms with Crippen molar-refractivity contribution in [1.29, 1.82) is 0 Å². The van der Waals surface area contributed by atoms with Crippen molar-refractivity contribution < 1.29 is 43.3 Å². The molecule has 5 fully saturated rings. The number of hydrogen-bond donors (Lipinski definition) is 4. The summed E-state index contributed by atoms with van der Waals surface area (Å²) < 4.78 is 28.0. The number of piperidine rings is 1. The molecule has 4 N–H and O–H groups in total. The number of fused-ring (bicyclic) bond motifs is 3. The molecule has 0 bridgehead atoms. The number of esters is 1. The SMILES string of the molecule is CCC[C@H](N[C@@H](C)C(=O)N1[C@H](C(=O)OCC)C[C@@H]2CCCC[C@@H]21)C(=O)O.COc1c(N2C[C@@H]3CCCN[C@@H]3C2)c(F)cc2c(=O)c(C(=O)O)cn(C3CC3)c12. The largest absolute Gasteiger partial charge is 0.492 e. The summed E-state index contributed by atoms with van der Waals surface area (Å²) in [5, 5.41) is 25.3. The lowest BCUT2D eigenvalue weighted by molar-refractivity contribution is -0.155. The van der Waals surface area contributed by atoms with Gasteiger partial charge in [0.25, 0.3) is 0 Å². The molecule has 0 spiro atoms. The van der Waals surface area contributed by atoms with E-state index < -0.39 is 41.3 Å². The number of aromatic carboxylic acids is 1. The number of nitrogens with one attached hydrogen (secondary N) is 2. The van der Waals surface area contributed by atoms with Crippen molar-refractivity contribution in [2.75, 3.05) is 38.3 Å². The number of carbonyl (C=O) groups excluding carboxylic acids is 2. The fourth-order valence-corrected chi connectivity index (χ4v) is 9.34. The van der Waals surface area contributed by atoms with E-state index in [0.717, 1.165) is 64.5 Å². The molecule has 7 atom stereocenters. The first-order chi connectivity index (χ1) is 26.4. The van der Waals surface area contributed by atoms with E-state index in [-0.39, 0.29) is 41.5 Å². The number of aliphatic carboxylic acids is 1. The third-order valence-electron chi connectivity index (χ3n) is 12.1. The maximum absolute atomic E-state index is 15.3. The second kappa shape index (κ2) is 17.3. The van der Waals surface area contributed by atoms with E-state index in [1.807, 2.05) is 11.8 Å². The number of carbonyl (C=O) groups is 4. The van der Waals surface area contributed by atoms with Gasteiger partial charge in [0.05, 0.1) is 30.7 Å². The molecule has 1 amide bonds. The second-order valence-electron chi connectivity index (χ2n) is 15.7. The Morgan fingerprint density at radius 2 is 1.76 bits per heavy atom. The van der Waals surface area contributed by atoms with E-state index in [2.05, 4.69) is 10.6 Å². The highest BCUT2D eigenvalue weighted by molar-refractivity contribution is 5.97. The fourth-order valence-electron chi connectivity index (χ4n) is 9.34. The molecular weight excluding hydrogens is 713 g/mol. The molecule has 302 valence electrons. The molecule has 15 heteroatoms. The molecule has 55 heavy (non-hydrogen) atoms. The van der Waals surface area contributed by atoms with Crippen molar-refractivity contribution in [3.63, 3.8) is 0 Å². The summed E-state index contributed by atoms with van der Waals surface area (Å²) in [5.74, 6) is -2.22. The minimum atomic E-state index is -1.30. The van der Waals surface area contributed by atoms with Crippen LogP contribution in [0.1, 0.15) is 108 Å². The van der Waals surface area contributed by atoms with Crippen LogP contribution < -0.4 is 25.7 Å². The number of amides is 1. The van der Waals surface area contributed by atoms with Crippen LogP contribution in [0.4, 0.5) is 10.1 Å². The number of anilines is 1. The van der Waals surface area contributed by atoms with Crippen LogP contribution >= 0.6 is 0 Å². The molecule has 7 rings (SSSR count). The highest BCUT2D eigenvalue weighted by Gasteiger charge is 2.49. The molecule has 2 saturated carbocycles. The Labute approximate surface area is 320 Å². The zero-order chi connectivity index (χ0) is 39.6. The highest BCUT2D eigenvalue weighted by atomic mass is 19.1. The van der Waals surface area contributed by atoms with Gasteiger partial charge >= 0.3 is 17.9 Å². The first-order valence-electron chi connectivity index (χ1n) is 20.0. The summed E-state index contributed by atoms with van der Waals surface area (Å²) in [6.07, 6.45) is 11.3. The Bertz CT molecular complexity index is 1820. The molecule has 3 aliphatic heterocycles. The van der Waals surface area contributed by atoms with Gasteiger partial charge in [0.15, 0.2) is 11.6 Å². The van der Waals surface area contributed by atoms with Gasteiger partial charge in [-0.3, -0.25) is 19.7 Å². The number of halogens is 1. The Hall–Kier alpha value is -4.24. The average molecular weight is 770 g/mol. The maximum atomic E-state index is 15.3. The van der Waals surface area contributed by atoms with Gasteiger partial charge in [-0.2, -0.15) is 0 Å². The molecular formula is C40H56FN5O9. The Balaban J connectivity index is 0.000000189. The van der Waals surface area contributed by atoms with Crippen LogP contribution in [0.15, 0.2) is 17.1 Å². The van der Waals surface area contributed by atoms with Crippen molar-refractivity contribution >= 4 is 40.4 Å². The van der Waals surface area contributed by atoms with Gasteiger partial charge in [0.2, 0.25) is 11.3 Å². The summed E-state index contributed by atoms with van der Waals surface area (Å²) in [7, 11) is 1.48. The zero-order valence-electron chi connectivity index (χ0n) is 32.4. The lowest BCUT2D eigenvalue weighted by atomic mass is 9.84. The van der Waals surface area contributed by atoms with Gasteiger partial charge in [-0.15, -0.1) is 0 Å². The fraction of sp³-hybridized carbons (Fsp3) is 0.675. The standard InChI is InChI=1S/C21H24FN3O4.C19H32N2O5/c1-29-20-17-13(19(26)14(21(27)28)9-25(17)12-4-5-12)7-15(22)18(20)24-8-11-3-2-6-23-16(11)10-24;1-4-8-14(18(23)24)20-12(3)17(22)21-15-10-7-6-9-13(15)11-16(21)19(25)26-5-2/h7,9,11-12,16,23H,2-6,8,10H2,1H3,(H,27,28);12-16,20H,4-11H2,1-3H3,(H,23,24)/t11-,16+;12-,13-,14-,15-,16-/m00/s1. The number of benzene rings is 1. The van der Waals surface area contributed by atoms with Gasteiger partial charge in [-0.25, -0.2) is 14.0 Å². The van der Waals surface area contributed by atoms with Crippen LogP contribution in [0.3, 0.4) is 0 Å². The van der Waals surface area contributed by atoms with Crippen molar-refractivity contribution in [2.24, 2.45) is 11.8 Å². The predicted octanol–water partition coefficient (Wildman–Crippen LogP) is 4.31. The lowest BCUT2D eigenvalue weighted by Crippen LogP contribution is -2.55. The van der Waals surface area contributed by atoms with Gasteiger partial charge in [0.1, 0.15) is 23.3 Å². The van der Waals surface area contributed by atoms with Crippen LogP contribution in [0.2, 0.25) is 0 Å². The Kier molecular flexibility index (Phi) is 12.7. The molecule has 0 unspecified atom stereocenters. The molecule has 1 aromatic carbocycles. The Morgan fingerprint density at radius 3 is 2.40 bits per heavy atom. The van der Waals surface area contributed by atoms with Gasteiger partial charge < -0.3 is 39.4 Å². The summed E-state index contributed by atoms with van der Waals surface area (Å²) in [4.78, 5) is 65.0. The third kappa shape index (κ3) is 8.33. The highest BCUT2D eigenvalue weighted by Crippen LogP contribution is 2.45. The summed E-state index contributed by atoms with van der Waals surface area (Å²) >= 11 is 0. The number of carboxylic acids is 2. The van der Waals surface area contributed by atoms with E-state index in [0.29, 0.717) is 60.6 Å². The predicted molar refractivity (Wildman–Crippen MR) is 203 cm³/mol. The molecule has 14 nitrogen and oxygen atoms in total. The van der Waals surface area contributed by atoms with Crippen molar-refractivity contribution in [3.8, 4) is 5.75 Å². The molecule has 3 saturated heterocycles. The average Bonchev–Trinajstić information content (AvgIpc) is 3.80. The van der Waals surface area contributed by atoms with Crippen LogP contribution in [0, 0.1) is 17.7 Å². The molecule has 5 aliphatic rings. The number of hydrogen-bond acceptors (Lipinski definition) is 10. The minimum Gasteiger partial charge on any atom is -0.492 e. The molecule has 4 heterocycles. The first kappa shape index (κ1) is 40.4. The minimum absolute atomic E-state index is 0.0596. The van der Waals surface area contributed by atoms with Crippen LogP contribution in [-0.4, -0.2) is 107 Å². The van der Waals surface area contributed by atoms with Crippen LogP contribution in [0.25, 0.3) is 10.9 Å². The number of likely N-dealkylation sites (tertiary alicyclic amines) is 1. The summed E-state index contributed by atoms with van der Waals surface area (Å²) in [6.45, 7) is 8.05. The summed E-state index contributed by atoms with van der Waals surface area (Å²) in [6, 6.07) is -0.283. The van der Waals surface area contributed by atoms with Gasteiger partial charge in [-0.05, 0) is 89.7 Å². The van der Waals surface area contributed by atoms with Crippen molar-refractivity contribution in [3.05, 3.63) is 33.9 Å². The maximum Gasteiger partial charge on any atom is 0.341 e. The molecule has 2 aromatic rings. The number of aromatic nitrogens is 1. The van der Waals surface area contributed by atoms with Crippen LogP contribution in [0.5, 0.6) is 5.75 Å². The molecule has 0 radical (unpaired) electrons. The monoisotopic (exact) mass is 769 g/mol. The number of ether oxygens (including phenoxy) is 2. The van der Waals surface area contributed by atoms with Gasteiger partial charge in [0, 0.05) is 37.4 Å². The molecule has 1 aromatic heterocycles. The van der Waals surface area contributed by atoms with Crippen LogP contribution in [-0.2, 0) is 19.1 Å². The number of carboxylic acid groups (broad SMARTS) is 2. The number of methoxy groups -OCH3 is 1. The summed E-state index contributed by atoms with van der Waals surface area (Å²) in [5.41, 5.74) is -0.155. The van der Waals surface area contributed by atoms with Crippen molar-refractivity contribution in [2.45, 2.75) is 128 Å². The lowest BCUT2D eigenvalue weighted by Gasteiger charge is -2.35. The Morgan fingerprint density at radius 1 is 1.04 bits per heavy atom. The smallest absolute Gasteiger partial charge is 0.341 e. The van der Waals surface area contributed by atoms with E-state index in [4.69, 9.17) is 9.47 Å². The van der Waals surface area contributed by atoms with E-state index in [1.54, 1.807) is 23.3 Å². The first-order valence-corrected chi connectivity index (χ1v) is 20.0. The zero-order valence-corrected chi connectivity index (χ0v) is 32.4. The van der Waals surface area contributed by atoms with Crippen molar-refractivity contribution in [1.82, 2.24) is 20.1 Å². The van der Waals surface area contributed by atoms with E-state index >= 15 is 4.39 Å². The number of rotatable bonds is 12. The topological polar surface area (TPSA) is 180 Å². The quantitative estimate of drug-likeness (QED) is 0.225. The normalized spacial score (nSPS) is 25.7. The third-order valence-corrected chi connectivity index (χ3v) is 12.1. The van der Waals surface area contributed by atoms with Gasteiger partial charge in [-0.1, -0.05) is 26.2 Å². The van der Waals surface area contributed by atoms with E-state index in [9.17, 15) is 34.2 Å². The second-order valence-corrected chi connectivity index (χ2v) is 15.7. The number of nitrogens with zero attached hydrogens (tertiary/aromatic N) is 3. The molecule has 2 aliphatic carbocycles. The van der Waals surface area contributed by atoms with E-state index in [1.165, 1.54) is 19.4 Å². The number of pyridine rings is 1.